The Balaban J connectivity index is 1.94. The Kier molecular flexibility index (Phi) is 6.28. The number of nitrogens with zero attached hydrogens (tertiary/aromatic N) is 2. The third-order valence-electron chi connectivity index (χ3n) is 3.85. The predicted octanol–water partition coefficient (Wildman–Crippen LogP) is 4.63. The number of hydrogen-bond donors (Lipinski definition) is 2. The van der Waals surface area contributed by atoms with Crippen LogP contribution in [-0.4, -0.2) is 19.6 Å². The highest BCUT2D eigenvalue weighted by molar-refractivity contribution is 7.93. The summed E-state index contributed by atoms with van der Waals surface area (Å²) in [6, 6.07) is 14.9. The smallest absolute Gasteiger partial charge is 0.270 e. The molecule has 0 spiro atoms. The van der Waals surface area contributed by atoms with E-state index in [0.29, 0.717) is 5.56 Å². The van der Waals surface area contributed by atoms with Crippen LogP contribution in [0.4, 0.5) is 21.5 Å². The van der Waals surface area contributed by atoms with Crippen molar-refractivity contribution >= 4 is 44.9 Å². The molecule has 2 N–H and O–H groups in total. The maximum Gasteiger partial charge on any atom is 0.270 e. The molecule has 0 aliphatic rings. The van der Waals surface area contributed by atoms with Crippen LogP contribution >= 0.6 is 11.6 Å². The fourth-order valence-corrected chi connectivity index (χ4v) is 3.90. The third kappa shape index (κ3) is 5.10. The molecule has 0 saturated heterocycles. The largest absolute Gasteiger partial charge is 0.278 e. The van der Waals surface area contributed by atoms with Gasteiger partial charge in [-0.25, -0.2) is 12.8 Å². The normalized spacial score (nSPS) is 11.4. The summed E-state index contributed by atoms with van der Waals surface area (Å²) >= 11 is 6.00. The van der Waals surface area contributed by atoms with Gasteiger partial charge < -0.3 is 0 Å². The topological polar surface area (TPSA) is 114 Å². The summed E-state index contributed by atoms with van der Waals surface area (Å²) in [6.07, 6.45) is 1.35. The number of hydrazone groups is 1. The molecule has 3 rings (SSSR count). The van der Waals surface area contributed by atoms with E-state index in [1.54, 1.807) is 12.1 Å². The standard InChI is InChI=1S/C19H14ClFN4O4S/c20-16-3-1-2-4-17(16)24-30(28,29)19-11-15(25(26)27)9-10-18(19)23-22-12-13-5-7-14(21)8-6-13/h1-12,23-24H/b22-12+. The van der Waals surface area contributed by atoms with E-state index in [2.05, 4.69) is 15.2 Å². The molecular formula is C19H14ClFN4O4S. The van der Waals surface area contributed by atoms with E-state index in [1.807, 2.05) is 0 Å². The summed E-state index contributed by atoms with van der Waals surface area (Å²) in [5.74, 6) is -0.408. The molecule has 0 amide bonds. The van der Waals surface area contributed by atoms with E-state index in [-0.39, 0.29) is 16.4 Å². The second kappa shape index (κ2) is 8.89. The van der Waals surface area contributed by atoms with Gasteiger partial charge in [-0.1, -0.05) is 35.9 Å². The summed E-state index contributed by atoms with van der Waals surface area (Å²) in [5.41, 5.74) is 2.81. The quantitative estimate of drug-likeness (QED) is 0.310. The number of nitro groups is 1. The van der Waals surface area contributed by atoms with E-state index in [4.69, 9.17) is 11.6 Å². The number of benzene rings is 3. The molecule has 0 heterocycles. The van der Waals surface area contributed by atoms with Gasteiger partial charge >= 0.3 is 0 Å². The van der Waals surface area contributed by atoms with Gasteiger partial charge in [-0.05, 0) is 35.9 Å². The highest BCUT2D eigenvalue weighted by atomic mass is 35.5. The first-order valence-corrected chi connectivity index (χ1v) is 10.2. The lowest BCUT2D eigenvalue weighted by molar-refractivity contribution is -0.385. The average molecular weight is 449 g/mol. The summed E-state index contributed by atoms with van der Waals surface area (Å²) in [6.45, 7) is 0. The molecule has 30 heavy (non-hydrogen) atoms. The van der Waals surface area contributed by atoms with Crippen LogP contribution in [0, 0.1) is 15.9 Å². The molecule has 0 atom stereocenters. The van der Waals surface area contributed by atoms with Crippen LogP contribution in [0.25, 0.3) is 0 Å². The number of nitrogens with one attached hydrogen (secondary N) is 2. The van der Waals surface area contributed by atoms with Crippen molar-refractivity contribution in [2.45, 2.75) is 4.90 Å². The monoisotopic (exact) mass is 448 g/mol. The third-order valence-corrected chi connectivity index (χ3v) is 5.59. The summed E-state index contributed by atoms with van der Waals surface area (Å²) in [5, 5.41) is 15.2. The van der Waals surface area contributed by atoms with Crippen LogP contribution in [0.1, 0.15) is 5.56 Å². The average Bonchev–Trinajstić information content (AvgIpc) is 2.71. The first kappa shape index (κ1) is 21.2. The molecular weight excluding hydrogens is 435 g/mol. The molecule has 11 heteroatoms. The number of nitro benzene ring substituents is 1. The fourth-order valence-electron chi connectivity index (χ4n) is 2.41. The highest BCUT2D eigenvalue weighted by Gasteiger charge is 2.23. The molecule has 0 aromatic heterocycles. The highest BCUT2D eigenvalue weighted by Crippen LogP contribution is 2.30. The van der Waals surface area contributed by atoms with Gasteiger partial charge in [0.15, 0.2) is 0 Å². The number of anilines is 2. The molecule has 0 radical (unpaired) electrons. The number of hydrogen-bond acceptors (Lipinski definition) is 6. The van der Waals surface area contributed by atoms with Crippen LogP contribution in [-0.2, 0) is 10.0 Å². The molecule has 0 aliphatic heterocycles. The Labute approximate surface area is 176 Å². The van der Waals surface area contributed by atoms with Gasteiger partial charge in [0.2, 0.25) is 0 Å². The number of sulfonamides is 1. The molecule has 0 aliphatic carbocycles. The molecule has 3 aromatic carbocycles. The number of rotatable bonds is 7. The van der Waals surface area contributed by atoms with Crippen molar-refractivity contribution in [1.29, 1.82) is 0 Å². The van der Waals surface area contributed by atoms with E-state index >= 15 is 0 Å². The van der Waals surface area contributed by atoms with Crippen molar-refractivity contribution in [2.24, 2.45) is 5.10 Å². The number of non-ortho nitro benzene ring substituents is 1. The predicted molar refractivity (Wildman–Crippen MR) is 113 cm³/mol. The van der Waals surface area contributed by atoms with Crippen LogP contribution < -0.4 is 10.1 Å². The maximum absolute atomic E-state index is 13.0. The lowest BCUT2D eigenvalue weighted by Crippen LogP contribution is -2.15. The second-order valence-corrected chi connectivity index (χ2v) is 8.00. The van der Waals surface area contributed by atoms with Crippen LogP contribution in [0.3, 0.4) is 0 Å². The molecule has 0 bridgehead atoms. The van der Waals surface area contributed by atoms with Crippen LogP contribution in [0.15, 0.2) is 76.7 Å². The van der Waals surface area contributed by atoms with Gasteiger partial charge in [0.05, 0.1) is 27.5 Å². The van der Waals surface area contributed by atoms with Crippen LogP contribution in [0.2, 0.25) is 5.02 Å². The zero-order valence-corrected chi connectivity index (χ0v) is 16.7. The van der Waals surface area contributed by atoms with Gasteiger partial charge in [-0.15, -0.1) is 0 Å². The molecule has 8 nitrogen and oxygen atoms in total. The zero-order valence-electron chi connectivity index (χ0n) is 15.1. The van der Waals surface area contributed by atoms with Gasteiger partial charge in [0.1, 0.15) is 10.7 Å². The van der Waals surface area contributed by atoms with Crippen LogP contribution in [0.5, 0.6) is 0 Å². The number of para-hydroxylation sites is 1. The first-order valence-electron chi connectivity index (χ1n) is 8.37. The van der Waals surface area contributed by atoms with Crippen molar-refractivity contribution in [2.75, 3.05) is 10.1 Å². The minimum absolute atomic E-state index is 0.00137. The van der Waals surface area contributed by atoms with Gasteiger partial charge in [-0.3, -0.25) is 20.3 Å². The zero-order chi connectivity index (χ0) is 21.7. The Morgan fingerprint density at radius 2 is 1.73 bits per heavy atom. The molecule has 0 unspecified atom stereocenters. The molecule has 0 saturated carbocycles. The maximum atomic E-state index is 13.0. The lowest BCUT2D eigenvalue weighted by atomic mass is 10.2. The SMILES string of the molecule is O=[N+]([O-])c1ccc(N/N=C/c2ccc(F)cc2)c(S(=O)(=O)Nc2ccccc2Cl)c1. The van der Waals surface area contributed by atoms with Crippen molar-refractivity contribution in [3.05, 3.63) is 93.2 Å². The second-order valence-electron chi connectivity index (χ2n) is 5.94. The van der Waals surface area contributed by atoms with Crippen molar-refractivity contribution in [1.82, 2.24) is 0 Å². The van der Waals surface area contributed by atoms with Crippen molar-refractivity contribution < 1.29 is 17.7 Å². The van der Waals surface area contributed by atoms with Gasteiger partial charge in [0.25, 0.3) is 15.7 Å². The lowest BCUT2D eigenvalue weighted by Gasteiger charge is -2.12. The Bertz CT molecular complexity index is 1220. The van der Waals surface area contributed by atoms with E-state index in [0.717, 1.165) is 12.1 Å². The Morgan fingerprint density at radius 3 is 2.40 bits per heavy atom. The summed E-state index contributed by atoms with van der Waals surface area (Å²) < 4.78 is 41.1. The fraction of sp³-hybridized carbons (Fsp3) is 0. The molecule has 0 fully saturated rings. The Hall–Kier alpha value is -3.50. The first-order chi connectivity index (χ1) is 14.3. The Morgan fingerprint density at radius 1 is 1.03 bits per heavy atom. The van der Waals surface area contributed by atoms with E-state index in [9.17, 15) is 22.9 Å². The van der Waals surface area contributed by atoms with Crippen molar-refractivity contribution in [3.63, 3.8) is 0 Å². The van der Waals surface area contributed by atoms with Gasteiger partial charge in [0, 0.05) is 12.1 Å². The number of halogens is 2. The van der Waals surface area contributed by atoms with E-state index < -0.39 is 31.3 Å². The summed E-state index contributed by atoms with van der Waals surface area (Å²) in [4.78, 5) is 10.0. The van der Waals surface area contributed by atoms with E-state index in [1.165, 1.54) is 48.7 Å². The van der Waals surface area contributed by atoms with Crippen molar-refractivity contribution in [3.8, 4) is 0 Å². The molecule has 3 aromatic rings. The molecule has 154 valence electrons. The minimum atomic E-state index is -4.25. The summed E-state index contributed by atoms with van der Waals surface area (Å²) in [7, 11) is -4.25. The minimum Gasteiger partial charge on any atom is -0.278 e. The van der Waals surface area contributed by atoms with Gasteiger partial charge in [-0.2, -0.15) is 5.10 Å².